The number of nitrogens with zero attached hydrogens (tertiary/aromatic N) is 2. The predicted octanol–water partition coefficient (Wildman–Crippen LogP) is -0.366. The summed E-state index contributed by atoms with van der Waals surface area (Å²) in [5.74, 6) is -1.83. The molecule has 0 aliphatic carbocycles. The van der Waals surface area contributed by atoms with Gasteiger partial charge in [0, 0.05) is 38.1 Å². The van der Waals surface area contributed by atoms with Crippen LogP contribution in [0, 0.1) is 0 Å². The van der Waals surface area contributed by atoms with E-state index in [0.29, 0.717) is 29.8 Å². The highest BCUT2D eigenvalue weighted by Crippen LogP contribution is 2.31. The van der Waals surface area contributed by atoms with Crippen LogP contribution in [-0.4, -0.2) is 64.6 Å². The van der Waals surface area contributed by atoms with Gasteiger partial charge >= 0.3 is 0 Å². The van der Waals surface area contributed by atoms with E-state index in [9.17, 15) is 19.2 Å². The zero-order chi connectivity index (χ0) is 18.7. The summed E-state index contributed by atoms with van der Waals surface area (Å²) in [5.41, 5.74) is 1.57. The van der Waals surface area contributed by atoms with E-state index in [1.807, 2.05) is 6.07 Å². The molecule has 3 atom stereocenters. The zero-order valence-corrected chi connectivity index (χ0v) is 14.7. The lowest BCUT2D eigenvalue weighted by Gasteiger charge is -2.48. The smallest absolute Gasteiger partial charge is 0.262 e. The first-order valence-electron chi connectivity index (χ1n) is 9.33. The summed E-state index contributed by atoms with van der Waals surface area (Å²) in [6.07, 6.45) is 1.50. The van der Waals surface area contributed by atoms with Gasteiger partial charge in [0.2, 0.25) is 11.8 Å². The predicted molar refractivity (Wildman–Crippen MR) is 93.7 cm³/mol. The van der Waals surface area contributed by atoms with Crippen molar-refractivity contribution < 1.29 is 19.2 Å². The van der Waals surface area contributed by atoms with Crippen LogP contribution in [0.15, 0.2) is 18.2 Å². The Hall–Kier alpha value is -2.58. The van der Waals surface area contributed by atoms with Gasteiger partial charge < -0.3 is 5.32 Å². The number of imide groups is 2. The Morgan fingerprint density at radius 3 is 2.48 bits per heavy atom. The molecule has 1 unspecified atom stereocenters. The fourth-order valence-electron chi connectivity index (χ4n) is 4.69. The lowest BCUT2D eigenvalue weighted by atomic mass is 9.90. The molecule has 0 saturated carbocycles. The summed E-state index contributed by atoms with van der Waals surface area (Å²) in [6, 6.07) is 5.41. The van der Waals surface area contributed by atoms with Crippen molar-refractivity contribution in [3.63, 3.8) is 0 Å². The molecule has 6 rings (SSSR count). The molecule has 4 saturated heterocycles. The Balaban J connectivity index is 1.42. The van der Waals surface area contributed by atoms with E-state index in [2.05, 4.69) is 15.5 Å². The summed E-state index contributed by atoms with van der Waals surface area (Å²) in [7, 11) is 0. The molecule has 5 aliphatic rings. The van der Waals surface area contributed by atoms with Crippen LogP contribution < -0.4 is 10.6 Å². The Morgan fingerprint density at radius 1 is 1.04 bits per heavy atom. The lowest BCUT2D eigenvalue weighted by Crippen LogP contribution is -2.66. The van der Waals surface area contributed by atoms with Crippen molar-refractivity contribution >= 4 is 23.6 Å². The van der Waals surface area contributed by atoms with E-state index in [0.717, 1.165) is 23.6 Å². The van der Waals surface area contributed by atoms with E-state index in [1.165, 1.54) is 6.42 Å². The van der Waals surface area contributed by atoms with Crippen molar-refractivity contribution in [2.45, 2.75) is 43.9 Å². The highest BCUT2D eigenvalue weighted by Gasteiger charge is 2.46. The summed E-state index contributed by atoms with van der Waals surface area (Å²) < 4.78 is 0. The van der Waals surface area contributed by atoms with Gasteiger partial charge in [0.15, 0.2) is 0 Å². The number of nitrogens with one attached hydrogen (secondary N) is 2. The fraction of sp³-hybridized carbons (Fsp3) is 0.474. The Morgan fingerprint density at radius 2 is 1.78 bits per heavy atom. The fourth-order valence-corrected chi connectivity index (χ4v) is 4.69. The van der Waals surface area contributed by atoms with Crippen molar-refractivity contribution in [2.24, 2.45) is 0 Å². The van der Waals surface area contributed by atoms with Crippen molar-refractivity contribution in [3.05, 3.63) is 34.9 Å². The molecule has 0 aromatic heterocycles. The van der Waals surface area contributed by atoms with Crippen LogP contribution in [0.5, 0.6) is 0 Å². The average molecular weight is 368 g/mol. The quantitative estimate of drug-likeness (QED) is 0.707. The number of hydrogen-bond acceptors (Lipinski definition) is 6. The largest absolute Gasteiger partial charge is 0.309 e. The molecule has 8 heteroatoms. The molecule has 0 spiro atoms. The number of rotatable bonds is 3. The minimum Gasteiger partial charge on any atom is -0.309 e. The molecule has 2 bridgehead atoms. The summed E-state index contributed by atoms with van der Waals surface area (Å²) in [6.45, 7) is 2.47. The van der Waals surface area contributed by atoms with Gasteiger partial charge in [-0.2, -0.15) is 0 Å². The van der Waals surface area contributed by atoms with Crippen molar-refractivity contribution in [2.75, 3.05) is 13.1 Å². The first-order valence-corrected chi connectivity index (χ1v) is 9.33. The van der Waals surface area contributed by atoms with E-state index in [1.54, 1.807) is 12.1 Å². The first kappa shape index (κ1) is 16.6. The second-order valence-electron chi connectivity index (χ2n) is 7.78. The standard InChI is InChI=1S/C19H20N4O4/c24-15-5-4-14(17(25)21-15)23-18(26)13-3-1-2-10(16(13)19(23)27)7-22-8-11-6-12(9-22)20-11/h1-3,11-12,14,20H,4-9H2,(H,21,24,25)/t11-,12+,14?. The van der Waals surface area contributed by atoms with Gasteiger partial charge in [0.1, 0.15) is 6.04 Å². The Bertz CT molecular complexity index is 866. The number of carbonyl (C=O) groups excluding carboxylic acids is 4. The van der Waals surface area contributed by atoms with Crippen LogP contribution in [0.1, 0.15) is 45.5 Å². The van der Waals surface area contributed by atoms with E-state index < -0.39 is 23.8 Å². The van der Waals surface area contributed by atoms with Gasteiger partial charge in [0.05, 0.1) is 11.1 Å². The zero-order valence-electron chi connectivity index (χ0n) is 14.7. The van der Waals surface area contributed by atoms with Crippen LogP contribution in [-0.2, 0) is 16.1 Å². The molecule has 8 nitrogen and oxygen atoms in total. The van der Waals surface area contributed by atoms with E-state index >= 15 is 0 Å². The highest BCUT2D eigenvalue weighted by atomic mass is 16.2. The summed E-state index contributed by atoms with van der Waals surface area (Å²) in [4.78, 5) is 52.8. The van der Waals surface area contributed by atoms with Crippen molar-refractivity contribution in [1.29, 1.82) is 0 Å². The third kappa shape index (κ3) is 2.59. The van der Waals surface area contributed by atoms with Crippen LogP contribution >= 0.6 is 0 Å². The van der Waals surface area contributed by atoms with Gasteiger partial charge in [-0.1, -0.05) is 12.1 Å². The van der Waals surface area contributed by atoms with Crippen LogP contribution in [0.2, 0.25) is 0 Å². The SMILES string of the molecule is O=C1CCC(N2C(=O)c3cccc(CN4C[C@H]5C[C@@H](C4)N5)c3C2=O)C(=O)N1. The lowest BCUT2D eigenvalue weighted by molar-refractivity contribution is -0.136. The third-order valence-electron chi connectivity index (χ3n) is 5.95. The number of piperidine rings is 2. The molecular formula is C19H20N4O4. The normalized spacial score (nSPS) is 30.2. The number of piperazine rings is 1. The molecule has 140 valence electrons. The van der Waals surface area contributed by atoms with Gasteiger partial charge in [-0.05, 0) is 24.5 Å². The van der Waals surface area contributed by atoms with Crippen LogP contribution in [0.4, 0.5) is 0 Å². The molecule has 5 aliphatic heterocycles. The number of fused-ring (bicyclic) bond motifs is 3. The molecular weight excluding hydrogens is 348 g/mol. The maximum atomic E-state index is 13.1. The Kier molecular flexibility index (Phi) is 3.66. The molecule has 1 aromatic rings. The van der Waals surface area contributed by atoms with Crippen molar-refractivity contribution in [1.82, 2.24) is 20.4 Å². The van der Waals surface area contributed by atoms with E-state index in [4.69, 9.17) is 0 Å². The van der Waals surface area contributed by atoms with Gasteiger partial charge in [-0.15, -0.1) is 0 Å². The summed E-state index contributed by atoms with van der Waals surface area (Å²) >= 11 is 0. The summed E-state index contributed by atoms with van der Waals surface area (Å²) in [5, 5.41) is 5.70. The van der Waals surface area contributed by atoms with Gasteiger partial charge in [-0.3, -0.25) is 34.3 Å². The maximum absolute atomic E-state index is 13.1. The maximum Gasteiger partial charge on any atom is 0.262 e. The monoisotopic (exact) mass is 368 g/mol. The Labute approximate surface area is 155 Å². The van der Waals surface area contributed by atoms with E-state index in [-0.39, 0.29) is 18.7 Å². The second kappa shape index (κ2) is 5.97. The first-order chi connectivity index (χ1) is 13.0. The van der Waals surface area contributed by atoms with Crippen molar-refractivity contribution in [3.8, 4) is 0 Å². The van der Waals surface area contributed by atoms with Crippen LogP contribution in [0.3, 0.4) is 0 Å². The number of benzene rings is 1. The average Bonchev–Trinajstić information content (AvgIpc) is 2.87. The molecule has 0 radical (unpaired) electrons. The third-order valence-corrected chi connectivity index (χ3v) is 5.95. The topological polar surface area (TPSA) is 98.8 Å². The highest BCUT2D eigenvalue weighted by molar-refractivity contribution is 6.24. The number of amides is 4. The second-order valence-corrected chi connectivity index (χ2v) is 7.78. The van der Waals surface area contributed by atoms with Gasteiger partial charge in [0.25, 0.3) is 11.8 Å². The molecule has 27 heavy (non-hydrogen) atoms. The molecule has 5 heterocycles. The molecule has 4 fully saturated rings. The molecule has 4 amide bonds. The molecule has 1 aromatic carbocycles. The van der Waals surface area contributed by atoms with Crippen LogP contribution in [0.25, 0.3) is 0 Å². The minimum absolute atomic E-state index is 0.125. The molecule has 2 N–H and O–H groups in total. The minimum atomic E-state index is -0.921. The van der Waals surface area contributed by atoms with Gasteiger partial charge in [-0.25, -0.2) is 0 Å². The number of hydrogen-bond donors (Lipinski definition) is 2. The number of carbonyl (C=O) groups is 4.